The summed E-state index contributed by atoms with van der Waals surface area (Å²) in [6.45, 7) is 3.19. The molecule has 1 fully saturated rings. The number of likely N-dealkylation sites (tertiary alicyclic amines) is 1. The fraction of sp³-hybridized carbons (Fsp3) is 0.900. The van der Waals surface area contributed by atoms with Crippen molar-refractivity contribution in [2.75, 3.05) is 32.0 Å². The molecule has 0 bridgehead atoms. The van der Waals surface area contributed by atoms with Crippen LogP contribution >= 0.6 is 15.9 Å². The fourth-order valence-electron chi connectivity index (χ4n) is 1.70. The highest BCUT2D eigenvalue weighted by Gasteiger charge is 2.16. The highest BCUT2D eigenvalue weighted by Crippen LogP contribution is 2.14. The van der Waals surface area contributed by atoms with Crippen molar-refractivity contribution in [3.05, 3.63) is 0 Å². The largest absolute Gasteiger partial charge is 0.356 e. The number of rotatable bonds is 4. The highest BCUT2D eigenvalue weighted by molar-refractivity contribution is 9.09. The number of amides is 1. The van der Waals surface area contributed by atoms with Crippen LogP contribution in [0.1, 0.15) is 19.3 Å². The number of carbonyl (C=O) groups excluding carboxylic acids is 1. The van der Waals surface area contributed by atoms with E-state index in [1.165, 1.54) is 25.9 Å². The molecule has 0 atom stereocenters. The van der Waals surface area contributed by atoms with Crippen LogP contribution in [0.25, 0.3) is 0 Å². The molecule has 1 heterocycles. The van der Waals surface area contributed by atoms with Gasteiger partial charge in [-0.25, -0.2) is 0 Å². The van der Waals surface area contributed by atoms with E-state index >= 15 is 0 Å². The average Bonchev–Trinajstić information content (AvgIpc) is 2.17. The topological polar surface area (TPSA) is 32.3 Å². The van der Waals surface area contributed by atoms with Crippen molar-refractivity contribution in [2.45, 2.75) is 19.3 Å². The third kappa shape index (κ3) is 4.42. The maximum absolute atomic E-state index is 11.2. The Morgan fingerprint density at radius 1 is 1.50 bits per heavy atom. The molecule has 0 spiro atoms. The van der Waals surface area contributed by atoms with Gasteiger partial charge in [0.1, 0.15) is 0 Å². The van der Waals surface area contributed by atoms with Gasteiger partial charge in [0.25, 0.3) is 0 Å². The lowest BCUT2D eigenvalue weighted by atomic mass is 9.97. The summed E-state index contributed by atoms with van der Waals surface area (Å²) in [5, 5.41) is 3.74. The van der Waals surface area contributed by atoms with Crippen LogP contribution in [0.3, 0.4) is 0 Å². The molecule has 82 valence electrons. The minimum atomic E-state index is 0.167. The van der Waals surface area contributed by atoms with Gasteiger partial charge < -0.3 is 10.2 Å². The zero-order valence-electron chi connectivity index (χ0n) is 8.76. The molecule has 0 unspecified atom stereocenters. The Morgan fingerprint density at radius 3 is 2.71 bits per heavy atom. The first-order valence-electron chi connectivity index (χ1n) is 5.23. The summed E-state index contributed by atoms with van der Waals surface area (Å²) in [4.78, 5) is 13.5. The van der Waals surface area contributed by atoms with Crippen LogP contribution < -0.4 is 5.32 Å². The quantitative estimate of drug-likeness (QED) is 0.774. The lowest BCUT2D eigenvalue weighted by Gasteiger charge is -2.28. The van der Waals surface area contributed by atoms with Crippen LogP contribution in [-0.2, 0) is 4.79 Å². The highest BCUT2D eigenvalue weighted by atomic mass is 79.9. The number of piperidine rings is 1. The molecule has 0 aromatic heterocycles. The van der Waals surface area contributed by atoms with E-state index in [1.807, 2.05) is 0 Å². The average molecular weight is 263 g/mol. The number of nitrogens with one attached hydrogen (secondary N) is 1. The lowest BCUT2D eigenvalue weighted by molar-refractivity contribution is -0.120. The molecule has 4 heteroatoms. The maximum atomic E-state index is 11.2. The van der Waals surface area contributed by atoms with E-state index < -0.39 is 0 Å². The van der Waals surface area contributed by atoms with Crippen LogP contribution in [0, 0.1) is 5.92 Å². The Kier molecular flexibility index (Phi) is 5.48. The molecule has 0 saturated carbocycles. The lowest BCUT2D eigenvalue weighted by Crippen LogP contribution is -2.36. The number of carbonyl (C=O) groups is 1. The first kappa shape index (κ1) is 12.0. The smallest absolute Gasteiger partial charge is 0.220 e. The summed E-state index contributed by atoms with van der Waals surface area (Å²) >= 11 is 3.26. The van der Waals surface area contributed by atoms with Crippen LogP contribution in [0.4, 0.5) is 0 Å². The first-order chi connectivity index (χ1) is 6.72. The number of hydrogen-bond acceptors (Lipinski definition) is 2. The van der Waals surface area contributed by atoms with Gasteiger partial charge in [0.2, 0.25) is 5.91 Å². The summed E-state index contributed by atoms with van der Waals surface area (Å²) in [5.74, 6) is 0.853. The number of nitrogens with zero attached hydrogens (tertiary/aromatic N) is 1. The molecule has 14 heavy (non-hydrogen) atoms. The molecular formula is C10H19BrN2O. The van der Waals surface area contributed by atoms with Crippen molar-refractivity contribution >= 4 is 21.8 Å². The molecule has 1 N–H and O–H groups in total. The van der Waals surface area contributed by atoms with Crippen LogP contribution in [0.2, 0.25) is 0 Å². The van der Waals surface area contributed by atoms with Crippen molar-refractivity contribution in [3.8, 4) is 0 Å². The second-order valence-electron chi connectivity index (χ2n) is 3.99. The SMILES string of the molecule is CN1CCC(CNC(=O)CCBr)CC1. The van der Waals surface area contributed by atoms with E-state index in [9.17, 15) is 4.79 Å². The normalized spacial score (nSPS) is 19.6. The summed E-state index contributed by atoms with van der Waals surface area (Å²) < 4.78 is 0. The summed E-state index contributed by atoms with van der Waals surface area (Å²) in [5.41, 5.74) is 0. The molecule has 1 aliphatic rings. The summed E-state index contributed by atoms with van der Waals surface area (Å²) in [6.07, 6.45) is 3.02. The molecule has 1 amide bonds. The van der Waals surface area contributed by atoms with E-state index in [2.05, 4.69) is 33.2 Å². The monoisotopic (exact) mass is 262 g/mol. The Morgan fingerprint density at radius 2 is 2.14 bits per heavy atom. The Balaban J connectivity index is 2.09. The number of hydrogen-bond donors (Lipinski definition) is 1. The van der Waals surface area contributed by atoms with E-state index in [0.717, 1.165) is 11.9 Å². The van der Waals surface area contributed by atoms with Gasteiger partial charge in [-0.05, 0) is 38.9 Å². The van der Waals surface area contributed by atoms with Gasteiger partial charge in [-0.1, -0.05) is 15.9 Å². The molecule has 0 aromatic rings. The van der Waals surface area contributed by atoms with Crippen molar-refractivity contribution in [3.63, 3.8) is 0 Å². The second kappa shape index (κ2) is 6.40. The van der Waals surface area contributed by atoms with E-state index in [0.29, 0.717) is 12.3 Å². The van der Waals surface area contributed by atoms with Gasteiger partial charge in [0.05, 0.1) is 0 Å². The van der Waals surface area contributed by atoms with Gasteiger partial charge in [-0.3, -0.25) is 4.79 Å². The van der Waals surface area contributed by atoms with Crippen LogP contribution in [-0.4, -0.2) is 42.8 Å². The molecule has 1 aliphatic heterocycles. The number of halogens is 1. The van der Waals surface area contributed by atoms with Gasteiger partial charge >= 0.3 is 0 Å². The summed E-state index contributed by atoms with van der Waals surface area (Å²) in [6, 6.07) is 0. The van der Waals surface area contributed by atoms with Crippen molar-refractivity contribution < 1.29 is 4.79 Å². The van der Waals surface area contributed by atoms with Gasteiger partial charge in [-0.15, -0.1) is 0 Å². The maximum Gasteiger partial charge on any atom is 0.220 e. The van der Waals surface area contributed by atoms with Gasteiger partial charge in [-0.2, -0.15) is 0 Å². The first-order valence-corrected chi connectivity index (χ1v) is 6.35. The minimum absolute atomic E-state index is 0.167. The van der Waals surface area contributed by atoms with E-state index in [-0.39, 0.29) is 5.91 Å². The molecule has 1 rings (SSSR count). The van der Waals surface area contributed by atoms with E-state index in [4.69, 9.17) is 0 Å². The summed E-state index contributed by atoms with van der Waals surface area (Å²) in [7, 11) is 2.15. The number of alkyl halides is 1. The van der Waals surface area contributed by atoms with Crippen LogP contribution in [0.15, 0.2) is 0 Å². The minimum Gasteiger partial charge on any atom is -0.356 e. The zero-order valence-corrected chi connectivity index (χ0v) is 10.3. The van der Waals surface area contributed by atoms with Gasteiger partial charge in [0.15, 0.2) is 0 Å². The van der Waals surface area contributed by atoms with Crippen molar-refractivity contribution in [1.82, 2.24) is 10.2 Å². The molecule has 1 saturated heterocycles. The molecule has 0 aromatic carbocycles. The van der Waals surface area contributed by atoms with Crippen molar-refractivity contribution in [1.29, 1.82) is 0 Å². The Hall–Kier alpha value is -0.0900. The molecular weight excluding hydrogens is 244 g/mol. The van der Waals surface area contributed by atoms with Crippen molar-refractivity contribution in [2.24, 2.45) is 5.92 Å². The van der Waals surface area contributed by atoms with Crippen LogP contribution in [0.5, 0.6) is 0 Å². The van der Waals surface area contributed by atoms with Gasteiger partial charge in [0, 0.05) is 18.3 Å². The third-order valence-electron chi connectivity index (χ3n) is 2.75. The Bertz CT molecular complexity index is 179. The molecule has 0 aliphatic carbocycles. The zero-order chi connectivity index (χ0) is 10.4. The van der Waals surface area contributed by atoms with E-state index in [1.54, 1.807) is 0 Å². The fourth-order valence-corrected chi connectivity index (χ4v) is 2.06. The predicted octanol–water partition coefficient (Wildman–Crippen LogP) is 1.23. The Labute approximate surface area is 94.4 Å². The predicted molar refractivity (Wildman–Crippen MR) is 61.6 cm³/mol. The molecule has 3 nitrogen and oxygen atoms in total. The molecule has 0 radical (unpaired) electrons. The standard InChI is InChI=1S/C10H19BrN2O/c1-13-6-3-9(4-7-13)8-12-10(14)2-5-11/h9H,2-8H2,1H3,(H,12,14). The third-order valence-corrected chi connectivity index (χ3v) is 3.14. The second-order valence-corrected chi connectivity index (χ2v) is 4.78.